The molecule has 116 valence electrons. The zero-order chi connectivity index (χ0) is 16.3. The third kappa shape index (κ3) is 3.33. The quantitative estimate of drug-likeness (QED) is 0.881. The molecule has 1 aromatic heterocycles. The summed E-state index contributed by atoms with van der Waals surface area (Å²) < 4.78 is 5.78. The van der Waals surface area contributed by atoms with Gasteiger partial charge in [-0.1, -0.05) is 32.0 Å². The summed E-state index contributed by atoms with van der Waals surface area (Å²) in [5.41, 5.74) is 7.30. The number of carboxylic acids is 1. The molecule has 0 aliphatic heterocycles. The molecule has 6 heteroatoms. The van der Waals surface area contributed by atoms with Crippen molar-refractivity contribution in [1.29, 1.82) is 0 Å². The molecule has 0 saturated carbocycles. The van der Waals surface area contributed by atoms with Gasteiger partial charge in [-0.05, 0) is 24.5 Å². The molecule has 0 spiro atoms. The number of rotatable bonds is 5. The fraction of sp³-hybridized carbons (Fsp3) is 0.312. The van der Waals surface area contributed by atoms with Gasteiger partial charge in [-0.3, -0.25) is 0 Å². The van der Waals surface area contributed by atoms with Crippen molar-refractivity contribution in [2.24, 2.45) is 0 Å². The first-order valence-electron chi connectivity index (χ1n) is 6.98. The third-order valence-electron chi connectivity index (χ3n) is 3.30. The van der Waals surface area contributed by atoms with Crippen LogP contribution in [0.5, 0.6) is 5.75 Å². The fourth-order valence-corrected chi connectivity index (χ4v) is 2.27. The first-order chi connectivity index (χ1) is 10.4. The normalized spacial score (nSPS) is 10.7. The minimum Gasteiger partial charge on any atom is -0.487 e. The van der Waals surface area contributed by atoms with Gasteiger partial charge in [-0.2, -0.15) is 0 Å². The number of hydrogen-bond acceptors (Lipinski definition) is 5. The molecular weight excluding hydrogens is 282 g/mol. The minimum absolute atomic E-state index is 0.0267. The maximum Gasteiger partial charge on any atom is 0.339 e. The monoisotopic (exact) mass is 301 g/mol. The van der Waals surface area contributed by atoms with Gasteiger partial charge < -0.3 is 15.6 Å². The molecule has 2 aromatic rings. The number of aryl methyl sites for hydroxylation is 1. The number of aromatic carboxylic acids is 1. The Morgan fingerprint density at radius 3 is 2.64 bits per heavy atom. The van der Waals surface area contributed by atoms with Crippen molar-refractivity contribution < 1.29 is 14.6 Å². The SMILES string of the molecule is Cc1nc(N)nc(COc2ccccc2C(C)C)c1C(=O)O. The van der Waals surface area contributed by atoms with Gasteiger partial charge >= 0.3 is 5.97 Å². The Morgan fingerprint density at radius 2 is 2.00 bits per heavy atom. The molecule has 0 aliphatic rings. The van der Waals surface area contributed by atoms with E-state index in [1.807, 2.05) is 24.3 Å². The zero-order valence-electron chi connectivity index (χ0n) is 12.8. The van der Waals surface area contributed by atoms with Crippen LogP contribution < -0.4 is 10.5 Å². The number of nitrogens with zero attached hydrogens (tertiary/aromatic N) is 2. The van der Waals surface area contributed by atoms with Crippen molar-refractivity contribution in [3.05, 3.63) is 46.8 Å². The lowest BCUT2D eigenvalue weighted by Gasteiger charge is -2.15. The number of carboxylic acid groups (broad SMARTS) is 1. The van der Waals surface area contributed by atoms with Crippen LogP contribution in [0.2, 0.25) is 0 Å². The minimum atomic E-state index is -1.09. The summed E-state index contributed by atoms with van der Waals surface area (Å²) in [5, 5.41) is 9.30. The van der Waals surface area contributed by atoms with Crippen LogP contribution in [0.1, 0.15) is 47.1 Å². The number of ether oxygens (including phenoxy) is 1. The van der Waals surface area contributed by atoms with Crippen LogP contribution in [0.3, 0.4) is 0 Å². The van der Waals surface area contributed by atoms with Crippen LogP contribution >= 0.6 is 0 Å². The van der Waals surface area contributed by atoms with Gasteiger partial charge in [0.15, 0.2) is 0 Å². The van der Waals surface area contributed by atoms with Crippen LogP contribution in [0.25, 0.3) is 0 Å². The van der Waals surface area contributed by atoms with Gasteiger partial charge in [0, 0.05) is 0 Å². The molecule has 0 amide bonds. The Morgan fingerprint density at radius 1 is 1.32 bits per heavy atom. The van der Waals surface area contributed by atoms with Crippen molar-refractivity contribution in [1.82, 2.24) is 9.97 Å². The van der Waals surface area contributed by atoms with Gasteiger partial charge in [0.1, 0.15) is 17.9 Å². The molecule has 22 heavy (non-hydrogen) atoms. The van der Waals surface area contributed by atoms with Crippen LogP contribution in [0.15, 0.2) is 24.3 Å². The van der Waals surface area contributed by atoms with E-state index in [4.69, 9.17) is 10.5 Å². The first-order valence-corrected chi connectivity index (χ1v) is 6.98. The number of anilines is 1. The van der Waals surface area contributed by atoms with E-state index in [9.17, 15) is 9.90 Å². The molecule has 0 saturated heterocycles. The zero-order valence-corrected chi connectivity index (χ0v) is 12.8. The highest BCUT2D eigenvalue weighted by atomic mass is 16.5. The Hall–Kier alpha value is -2.63. The van der Waals surface area contributed by atoms with Crippen LogP contribution in [-0.2, 0) is 6.61 Å². The Balaban J connectivity index is 2.31. The molecule has 0 atom stereocenters. The Labute approximate surface area is 129 Å². The van der Waals surface area contributed by atoms with E-state index in [0.29, 0.717) is 17.4 Å². The van der Waals surface area contributed by atoms with E-state index < -0.39 is 5.97 Å². The molecular formula is C16H19N3O3. The molecule has 0 unspecified atom stereocenters. The van der Waals surface area contributed by atoms with E-state index in [1.165, 1.54) is 0 Å². The summed E-state index contributed by atoms with van der Waals surface area (Å²) in [6.45, 7) is 5.75. The topological polar surface area (TPSA) is 98.3 Å². The number of nitrogens with two attached hydrogens (primary N) is 1. The standard InChI is InChI=1S/C16H19N3O3/c1-9(2)11-6-4-5-7-13(11)22-8-12-14(15(20)21)10(3)18-16(17)19-12/h4-7,9H,8H2,1-3H3,(H,20,21)(H2,17,18,19). The molecule has 3 N–H and O–H groups in total. The molecule has 0 aliphatic carbocycles. The lowest BCUT2D eigenvalue weighted by Crippen LogP contribution is -2.14. The lowest BCUT2D eigenvalue weighted by atomic mass is 10.0. The molecule has 6 nitrogen and oxygen atoms in total. The summed E-state index contributed by atoms with van der Waals surface area (Å²) in [4.78, 5) is 19.3. The second-order valence-corrected chi connectivity index (χ2v) is 5.28. The number of aromatic nitrogens is 2. The van der Waals surface area contributed by atoms with E-state index in [2.05, 4.69) is 23.8 Å². The van der Waals surface area contributed by atoms with Crippen molar-refractivity contribution in [3.8, 4) is 5.75 Å². The van der Waals surface area contributed by atoms with Crippen molar-refractivity contribution >= 4 is 11.9 Å². The summed E-state index contributed by atoms with van der Waals surface area (Å²) in [7, 11) is 0. The first kappa shape index (κ1) is 15.8. The summed E-state index contributed by atoms with van der Waals surface area (Å²) in [6, 6.07) is 7.65. The number of benzene rings is 1. The van der Waals surface area contributed by atoms with E-state index in [0.717, 1.165) is 5.56 Å². The highest BCUT2D eigenvalue weighted by molar-refractivity contribution is 5.90. The molecule has 1 heterocycles. The predicted molar refractivity (Wildman–Crippen MR) is 83.0 cm³/mol. The molecule has 1 aromatic carbocycles. The average Bonchev–Trinajstić information content (AvgIpc) is 2.44. The largest absolute Gasteiger partial charge is 0.487 e. The molecule has 2 rings (SSSR count). The van der Waals surface area contributed by atoms with Crippen molar-refractivity contribution in [2.45, 2.75) is 33.3 Å². The smallest absolute Gasteiger partial charge is 0.339 e. The average molecular weight is 301 g/mol. The van der Waals surface area contributed by atoms with Gasteiger partial charge in [0.05, 0.1) is 11.4 Å². The molecule has 0 radical (unpaired) electrons. The van der Waals surface area contributed by atoms with Crippen molar-refractivity contribution in [2.75, 3.05) is 5.73 Å². The number of hydrogen-bond donors (Lipinski definition) is 2. The van der Waals surface area contributed by atoms with Crippen LogP contribution in [-0.4, -0.2) is 21.0 Å². The summed E-state index contributed by atoms with van der Waals surface area (Å²) >= 11 is 0. The molecule has 0 bridgehead atoms. The molecule has 0 fully saturated rings. The van der Waals surface area contributed by atoms with Gasteiger partial charge in [0.25, 0.3) is 0 Å². The van der Waals surface area contributed by atoms with Gasteiger partial charge in [0.2, 0.25) is 5.95 Å². The maximum absolute atomic E-state index is 11.4. The van der Waals surface area contributed by atoms with Gasteiger partial charge in [-0.25, -0.2) is 14.8 Å². The maximum atomic E-state index is 11.4. The second-order valence-electron chi connectivity index (χ2n) is 5.28. The van der Waals surface area contributed by atoms with E-state index >= 15 is 0 Å². The highest BCUT2D eigenvalue weighted by Gasteiger charge is 2.18. The third-order valence-corrected chi connectivity index (χ3v) is 3.30. The number of carbonyl (C=O) groups is 1. The Kier molecular flexibility index (Phi) is 4.60. The predicted octanol–water partition coefficient (Wildman–Crippen LogP) is 2.77. The highest BCUT2D eigenvalue weighted by Crippen LogP contribution is 2.27. The second kappa shape index (κ2) is 6.43. The van der Waals surface area contributed by atoms with Crippen LogP contribution in [0.4, 0.5) is 5.95 Å². The summed E-state index contributed by atoms with van der Waals surface area (Å²) in [5.74, 6) is -0.0393. The van der Waals surface area contributed by atoms with Crippen molar-refractivity contribution in [3.63, 3.8) is 0 Å². The summed E-state index contributed by atoms with van der Waals surface area (Å²) in [6.07, 6.45) is 0. The van der Waals surface area contributed by atoms with Gasteiger partial charge in [-0.15, -0.1) is 0 Å². The van der Waals surface area contributed by atoms with Crippen LogP contribution in [0, 0.1) is 6.92 Å². The number of para-hydroxylation sites is 1. The Bertz CT molecular complexity index is 699. The van der Waals surface area contributed by atoms with E-state index in [-0.39, 0.29) is 23.8 Å². The fourth-order valence-electron chi connectivity index (χ4n) is 2.27. The lowest BCUT2D eigenvalue weighted by molar-refractivity contribution is 0.0691. The number of nitrogen functional groups attached to an aromatic ring is 1. The van der Waals surface area contributed by atoms with E-state index in [1.54, 1.807) is 6.92 Å².